The smallest absolute Gasteiger partial charge is 0.263 e. The van der Waals surface area contributed by atoms with E-state index in [2.05, 4.69) is 26.0 Å². The maximum absolute atomic E-state index is 13.0. The normalized spacial score (nSPS) is 10.7. The van der Waals surface area contributed by atoms with E-state index in [1.165, 1.54) is 26.0 Å². The largest absolute Gasteiger partial charge is 0.493 e. The lowest BCUT2D eigenvalue weighted by atomic mass is 10.1. The molecule has 4 rings (SSSR count). The fourth-order valence-electron chi connectivity index (χ4n) is 3.19. The van der Waals surface area contributed by atoms with Gasteiger partial charge in [0.15, 0.2) is 15.8 Å². The molecule has 2 aromatic heterocycles. The van der Waals surface area contributed by atoms with E-state index in [0.717, 1.165) is 11.3 Å². The quantitative estimate of drug-likeness (QED) is 0.216. The Bertz CT molecular complexity index is 1410. The number of carbonyl (C=O) groups is 2. The third-order valence-electron chi connectivity index (χ3n) is 4.84. The van der Waals surface area contributed by atoms with Crippen molar-refractivity contribution in [3.05, 3.63) is 58.8 Å². The number of halogens is 1. The van der Waals surface area contributed by atoms with Gasteiger partial charge in [-0.1, -0.05) is 58.1 Å². The summed E-state index contributed by atoms with van der Waals surface area (Å²) < 4.78 is 16.2. The molecule has 0 radical (unpaired) electrons. The van der Waals surface area contributed by atoms with E-state index in [4.69, 9.17) is 25.6 Å². The molecule has 0 aliphatic rings. The first-order valence-electron chi connectivity index (χ1n) is 10.4. The van der Waals surface area contributed by atoms with E-state index in [1.54, 1.807) is 49.4 Å². The molecule has 2 aromatic carbocycles. The molecule has 0 atom stereocenters. The first-order chi connectivity index (χ1) is 17.4. The van der Waals surface area contributed by atoms with Gasteiger partial charge in [-0.3, -0.25) is 14.9 Å². The minimum Gasteiger partial charge on any atom is -0.493 e. The molecule has 186 valence electrons. The Labute approximate surface area is 219 Å². The number of benzene rings is 2. The van der Waals surface area contributed by atoms with E-state index < -0.39 is 5.91 Å². The number of rotatable bonds is 9. The summed E-state index contributed by atoms with van der Waals surface area (Å²) in [4.78, 5) is 25.3. The zero-order valence-corrected chi connectivity index (χ0v) is 21.7. The van der Waals surface area contributed by atoms with Crippen LogP contribution in [0, 0.1) is 6.92 Å². The number of carbonyl (C=O) groups excluding carboxylic acids is 2. The number of nitrogens with one attached hydrogen (secondary N) is 2. The Morgan fingerprint density at radius 2 is 1.86 bits per heavy atom. The van der Waals surface area contributed by atoms with Gasteiger partial charge in [0.25, 0.3) is 5.91 Å². The van der Waals surface area contributed by atoms with Gasteiger partial charge in [-0.25, -0.2) is 0 Å². The molecular formula is C23H20ClN5O5S2. The van der Waals surface area contributed by atoms with Gasteiger partial charge in [-0.2, -0.15) is 0 Å². The Morgan fingerprint density at radius 1 is 1.08 bits per heavy atom. The molecule has 0 fully saturated rings. The minimum absolute atomic E-state index is 0.0956. The summed E-state index contributed by atoms with van der Waals surface area (Å²) in [6.07, 6.45) is 0. The molecule has 2 amide bonds. The van der Waals surface area contributed by atoms with Crippen molar-refractivity contribution in [3.63, 3.8) is 0 Å². The van der Waals surface area contributed by atoms with Crippen LogP contribution in [0.5, 0.6) is 11.5 Å². The molecular weight excluding hydrogens is 526 g/mol. The highest BCUT2D eigenvalue weighted by atomic mass is 35.5. The molecule has 13 heteroatoms. The van der Waals surface area contributed by atoms with Crippen LogP contribution < -0.4 is 20.1 Å². The number of amides is 2. The summed E-state index contributed by atoms with van der Waals surface area (Å²) in [6, 6.07) is 12.1. The number of ether oxygens (including phenoxy) is 2. The molecule has 0 unspecified atom stereocenters. The summed E-state index contributed by atoms with van der Waals surface area (Å²) in [7, 11) is 3.06. The number of aromatic nitrogens is 3. The molecule has 10 nitrogen and oxygen atoms in total. The van der Waals surface area contributed by atoms with Crippen molar-refractivity contribution in [2.24, 2.45) is 0 Å². The van der Waals surface area contributed by atoms with Crippen molar-refractivity contribution < 1.29 is 23.6 Å². The van der Waals surface area contributed by atoms with Crippen LogP contribution in [0.25, 0.3) is 11.3 Å². The van der Waals surface area contributed by atoms with E-state index in [1.807, 2.05) is 0 Å². The van der Waals surface area contributed by atoms with Gasteiger partial charge in [0.05, 0.1) is 25.0 Å². The van der Waals surface area contributed by atoms with Crippen LogP contribution in [0.1, 0.15) is 16.1 Å². The number of hydrogen-bond acceptors (Lipinski definition) is 10. The van der Waals surface area contributed by atoms with E-state index in [-0.39, 0.29) is 22.4 Å². The van der Waals surface area contributed by atoms with Crippen molar-refractivity contribution in [3.8, 4) is 22.8 Å². The molecule has 0 saturated carbocycles. The lowest BCUT2D eigenvalue weighted by Crippen LogP contribution is -2.14. The second kappa shape index (κ2) is 11.4. The summed E-state index contributed by atoms with van der Waals surface area (Å²) in [5.41, 5.74) is 1.74. The van der Waals surface area contributed by atoms with E-state index in [9.17, 15) is 9.59 Å². The fraction of sp³-hybridized carbons (Fsp3) is 0.174. The average Bonchev–Trinajstić information content (AvgIpc) is 3.49. The summed E-state index contributed by atoms with van der Waals surface area (Å²) in [5, 5.41) is 18.3. The highest BCUT2D eigenvalue weighted by Gasteiger charge is 2.24. The SMILES string of the molecule is COc1ccc(NC(=O)CSc2nnc(NC(=O)c3c(-c4ccccc4Cl)noc3C)s2)cc1OC. The van der Waals surface area contributed by atoms with Crippen LogP contribution in [-0.4, -0.2) is 47.1 Å². The monoisotopic (exact) mass is 545 g/mol. The predicted octanol–water partition coefficient (Wildman–Crippen LogP) is 5.16. The lowest BCUT2D eigenvalue weighted by Gasteiger charge is -2.10. The Morgan fingerprint density at radius 3 is 2.61 bits per heavy atom. The standard InChI is InChI=1S/C23H20ClN5O5S2/c1-12-19(20(29-34-12)14-6-4-5-7-15(14)24)21(31)26-22-27-28-23(36-22)35-11-18(30)25-13-8-9-16(32-2)17(10-13)33-3/h4-10H,11H2,1-3H3,(H,25,30)(H,26,27,31). The molecule has 36 heavy (non-hydrogen) atoms. The topological polar surface area (TPSA) is 128 Å². The van der Waals surface area contributed by atoms with Crippen molar-refractivity contribution >= 4 is 57.3 Å². The summed E-state index contributed by atoms with van der Waals surface area (Å²) in [5.74, 6) is 0.813. The van der Waals surface area contributed by atoms with Crippen LogP contribution in [0.15, 0.2) is 51.3 Å². The lowest BCUT2D eigenvalue weighted by molar-refractivity contribution is -0.113. The average molecular weight is 546 g/mol. The Balaban J connectivity index is 1.37. The van der Waals surface area contributed by atoms with Crippen LogP contribution in [0.4, 0.5) is 10.8 Å². The van der Waals surface area contributed by atoms with Gasteiger partial charge in [0, 0.05) is 17.3 Å². The highest BCUT2D eigenvalue weighted by Crippen LogP contribution is 2.33. The number of aryl methyl sites for hydroxylation is 1. The highest BCUT2D eigenvalue weighted by molar-refractivity contribution is 8.01. The zero-order chi connectivity index (χ0) is 25.7. The van der Waals surface area contributed by atoms with Crippen LogP contribution >= 0.6 is 34.7 Å². The fourth-order valence-corrected chi connectivity index (χ4v) is 4.97. The number of anilines is 2. The van der Waals surface area contributed by atoms with E-state index >= 15 is 0 Å². The van der Waals surface area contributed by atoms with Crippen molar-refractivity contribution in [1.29, 1.82) is 0 Å². The number of nitrogens with zero attached hydrogens (tertiary/aromatic N) is 3. The number of hydrogen-bond donors (Lipinski definition) is 2. The molecule has 0 spiro atoms. The third kappa shape index (κ3) is 5.78. The van der Waals surface area contributed by atoms with Crippen molar-refractivity contribution in [1.82, 2.24) is 15.4 Å². The Hall–Kier alpha value is -3.61. The molecule has 0 aliphatic carbocycles. The number of methoxy groups -OCH3 is 2. The van der Waals surface area contributed by atoms with Gasteiger partial charge in [0.1, 0.15) is 17.0 Å². The molecule has 2 heterocycles. The van der Waals surface area contributed by atoms with Crippen molar-refractivity contribution in [2.75, 3.05) is 30.6 Å². The maximum Gasteiger partial charge on any atom is 0.263 e. The Kier molecular flexibility index (Phi) is 8.08. The van der Waals surface area contributed by atoms with Crippen LogP contribution in [-0.2, 0) is 4.79 Å². The molecule has 0 saturated heterocycles. The second-order valence-electron chi connectivity index (χ2n) is 7.18. The van der Waals surface area contributed by atoms with Gasteiger partial charge < -0.3 is 19.3 Å². The predicted molar refractivity (Wildman–Crippen MR) is 138 cm³/mol. The number of thioether (sulfide) groups is 1. The first kappa shape index (κ1) is 25.5. The summed E-state index contributed by atoms with van der Waals surface area (Å²) in [6.45, 7) is 1.64. The van der Waals surface area contributed by atoms with E-state index in [0.29, 0.717) is 43.6 Å². The van der Waals surface area contributed by atoms with Gasteiger partial charge in [-0.15, -0.1) is 10.2 Å². The van der Waals surface area contributed by atoms with Gasteiger partial charge >= 0.3 is 0 Å². The third-order valence-corrected chi connectivity index (χ3v) is 7.14. The van der Waals surface area contributed by atoms with Crippen molar-refractivity contribution in [2.45, 2.75) is 11.3 Å². The van der Waals surface area contributed by atoms with Gasteiger partial charge in [-0.05, 0) is 25.1 Å². The first-order valence-corrected chi connectivity index (χ1v) is 12.6. The maximum atomic E-state index is 13.0. The minimum atomic E-state index is -0.456. The molecule has 2 N–H and O–H groups in total. The van der Waals surface area contributed by atoms with Gasteiger partial charge in [0.2, 0.25) is 11.0 Å². The zero-order valence-electron chi connectivity index (χ0n) is 19.3. The molecule has 4 aromatic rings. The molecule has 0 bridgehead atoms. The van der Waals surface area contributed by atoms with Crippen LogP contribution in [0.2, 0.25) is 5.02 Å². The summed E-state index contributed by atoms with van der Waals surface area (Å²) >= 11 is 8.60. The second-order valence-corrected chi connectivity index (χ2v) is 9.78. The molecule has 0 aliphatic heterocycles. The van der Waals surface area contributed by atoms with Crippen LogP contribution in [0.3, 0.4) is 0 Å².